The van der Waals surface area contributed by atoms with Gasteiger partial charge < -0.3 is 15.8 Å². The highest BCUT2D eigenvalue weighted by Crippen LogP contribution is 2.20. The summed E-state index contributed by atoms with van der Waals surface area (Å²) in [5, 5.41) is 10.0. The lowest BCUT2D eigenvalue weighted by atomic mass is 10.2. The van der Waals surface area contributed by atoms with E-state index < -0.39 is 0 Å². The normalized spacial score (nSPS) is 13.3. The zero-order valence-electron chi connectivity index (χ0n) is 8.20. The van der Waals surface area contributed by atoms with Gasteiger partial charge in [0.2, 0.25) is 0 Å². The number of H-pyrrole nitrogens is 1. The lowest BCUT2D eigenvalue weighted by molar-refractivity contribution is 0.265. The summed E-state index contributed by atoms with van der Waals surface area (Å²) in [6.45, 7) is 0.0130. The number of hydrogen-bond acceptors (Lipinski definition) is 2. The van der Waals surface area contributed by atoms with Crippen LogP contribution in [0.2, 0.25) is 0 Å². The molecule has 0 fully saturated rings. The number of aromatic nitrogens is 1. The minimum absolute atomic E-state index is 0.0130. The van der Waals surface area contributed by atoms with Crippen molar-refractivity contribution in [3.05, 3.63) is 34.4 Å². The first-order valence-corrected chi connectivity index (χ1v) is 5.62. The van der Waals surface area contributed by atoms with Gasteiger partial charge in [-0.3, -0.25) is 0 Å². The molecule has 15 heavy (non-hydrogen) atoms. The van der Waals surface area contributed by atoms with Gasteiger partial charge in [-0.15, -0.1) is 0 Å². The molecule has 1 atom stereocenters. The Hall–Kier alpha value is -0.840. The van der Waals surface area contributed by atoms with Gasteiger partial charge in [-0.25, -0.2) is 0 Å². The molecule has 4 N–H and O–H groups in total. The number of aliphatic hydroxyl groups excluding tert-OH is 1. The Kier molecular flexibility index (Phi) is 3.09. The van der Waals surface area contributed by atoms with Crippen LogP contribution in [0.5, 0.6) is 0 Å². The third-order valence-electron chi connectivity index (χ3n) is 2.36. The van der Waals surface area contributed by atoms with E-state index in [1.165, 1.54) is 0 Å². The Morgan fingerprint density at radius 1 is 1.40 bits per heavy atom. The van der Waals surface area contributed by atoms with Crippen molar-refractivity contribution in [2.24, 2.45) is 5.73 Å². The number of nitrogens with one attached hydrogen (secondary N) is 1. The van der Waals surface area contributed by atoms with Crippen LogP contribution in [0.25, 0.3) is 10.9 Å². The van der Waals surface area contributed by atoms with Gasteiger partial charge in [-0.2, -0.15) is 0 Å². The molecule has 0 saturated carbocycles. The SMILES string of the molecule is NC(CO)Cc1cc2cc(Br)ccc2[nH]1. The van der Waals surface area contributed by atoms with Gasteiger partial charge in [0, 0.05) is 33.5 Å². The van der Waals surface area contributed by atoms with Crippen molar-refractivity contribution >= 4 is 26.8 Å². The Labute approximate surface area is 96.4 Å². The van der Waals surface area contributed by atoms with Crippen LogP contribution in [-0.4, -0.2) is 22.7 Å². The van der Waals surface area contributed by atoms with Crippen molar-refractivity contribution in [1.29, 1.82) is 0 Å². The predicted octanol–water partition coefficient (Wildman–Crippen LogP) is 1.79. The Balaban J connectivity index is 2.30. The number of fused-ring (bicyclic) bond motifs is 1. The van der Waals surface area contributed by atoms with Crippen LogP contribution in [0.1, 0.15) is 5.69 Å². The quantitative estimate of drug-likeness (QED) is 0.795. The molecule has 0 radical (unpaired) electrons. The van der Waals surface area contributed by atoms with E-state index in [0.717, 1.165) is 21.1 Å². The molecule has 4 heteroatoms. The largest absolute Gasteiger partial charge is 0.395 e. The molecule has 1 heterocycles. The molecule has 0 saturated heterocycles. The topological polar surface area (TPSA) is 62.0 Å². The van der Waals surface area contributed by atoms with Crippen LogP contribution in [0.15, 0.2) is 28.7 Å². The monoisotopic (exact) mass is 268 g/mol. The van der Waals surface area contributed by atoms with E-state index in [-0.39, 0.29) is 12.6 Å². The highest BCUT2D eigenvalue weighted by atomic mass is 79.9. The molecule has 1 unspecified atom stereocenters. The molecule has 0 aliphatic heterocycles. The average Bonchev–Trinajstić information content (AvgIpc) is 2.59. The van der Waals surface area contributed by atoms with Gasteiger partial charge in [-0.05, 0) is 24.3 Å². The summed E-state index contributed by atoms with van der Waals surface area (Å²) in [6.07, 6.45) is 0.669. The molecule has 0 spiro atoms. The summed E-state index contributed by atoms with van der Waals surface area (Å²) < 4.78 is 1.06. The van der Waals surface area contributed by atoms with Crippen molar-refractivity contribution in [2.75, 3.05) is 6.61 Å². The fourth-order valence-electron chi connectivity index (χ4n) is 1.62. The van der Waals surface area contributed by atoms with E-state index in [0.29, 0.717) is 6.42 Å². The molecule has 0 aliphatic rings. The molecule has 0 amide bonds. The third-order valence-corrected chi connectivity index (χ3v) is 2.85. The molecule has 1 aromatic carbocycles. The van der Waals surface area contributed by atoms with Gasteiger partial charge in [-0.1, -0.05) is 15.9 Å². The molecular formula is C11H13BrN2O. The number of rotatable bonds is 3. The summed E-state index contributed by atoms with van der Waals surface area (Å²) in [4.78, 5) is 3.28. The summed E-state index contributed by atoms with van der Waals surface area (Å²) in [5.74, 6) is 0. The number of aliphatic hydroxyl groups is 1. The zero-order valence-corrected chi connectivity index (χ0v) is 9.79. The fraction of sp³-hybridized carbons (Fsp3) is 0.273. The molecule has 0 aliphatic carbocycles. The molecule has 80 valence electrons. The van der Waals surface area contributed by atoms with Gasteiger partial charge in [0.05, 0.1) is 6.61 Å². The second kappa shape index (κ2) is 4.35. The summed E-state index contributed by atoms with van der Waals surface area (Å²) in [5.41, 5.74) is 7.83. The number of nitrogens with two attached hydrogens (primary N) is 1. The zero-order chi connectivity index (χ0) is 10.8. The number of aromatic amines is 1. The molecular weight excluding hydrogens is 256 g/mol. The summed E-state index contributed by atoms with van der Waals surface area (Å²) in [6, 6.07) is 7.94. The summed E-state index contributed by atoms with van der Waals surface area (Å²) >= 11 is 3.43. The number of hydrogen-bond donors (Lipinski definition) is 3. The van der Waals surface area contributed by atoms with E-state index in [4.69, 9.17) is 10.8 Å². The maximum absolute atomic E-state index is 8.87. The molecule has 1 aromatic heterocycles. The predicted molar refractivity (Wildman–Crippen MR) is 64.8 cm³/mol. The van der Waals surface area contributed by atoms with E-state index in [2.05, 4.69) is 33.0 Å². The highest BCUT2D eigenvalue weighted by molar-refractivity contribution is 9.10. The molecule has 2 rings (SSSR count). The van der Waals surface area contributed by atoms with E-state index in [1.54, 1.807) is 0 Å². The Morgan fingerprint density at radius 3 is 2.93 bits per heavy atom. The maximum Gasteiger partial charge on any atom is 0.0586 e. The lowest BCUT2D eigenvalue weighted by Gasteiger charge is -2.04. The first-order chi connectivity index (χ1) is 7.19. The minimum atomic E-state index is -0.193. The second-order valence-electron chi connectivity index (χ2n) is 3.67. The van der Waals surface area contributed by atoms with Gasteiger partial charge in [0.25, 0.3) is 0 Å². The van der Waals surface area contributed by atoms with Crippen molar-refractivity contribution in [3.63, 3.8) is 0 Å². The van der Waals surface area contributed by atoms with Crippen molar-refractivity contribution in [1.82, 2.24) is 4.98 Å². The second-order valence-corrected chi connectivity index (χ2v) is 4.59. The standard InChI is InChI=1S/C11H13BrN2O/c12-8-1-2-11-7(3-8)4-10(14-11)5-9(13)6-15/h1-4,9,14-15H,5-6,13H2. The van der Waals surface area contributed by atoms with Gasteiger partial charge in [0.1, 0.15) is 0 Å². The van der Waals surface area contributed by atoms with E-state index in [9.17, 15) is 0 Å². The highest BCUT2D eigenvalue weighted by Gasteiger charge is 2.05. The smallest absolute Gasteiger partial charge is 0.0586 e. The van der Waals surface area contributed by atoms with Crippen molar-refractivity contribution < 1.29 is 5.11 Å². The van der Waals surface area contributed by atoms with Crippen molar-refractivity contribution in [2.45, 2.75) is 12.5 Å². The fourth-order valence-corrected chi connectivity index (χ4v) is 2.00. The Morgan fingerprint density at radius 2 is 2.20 bits per heavy atom. The minimum Gasteiger partial charge on any atom is -0.395 e. The van der Waals surface area contributed by atoms with E-state index >= 15 is 0 Å². The van der Waals surface area contributed by atoms with Crippen LogP contribution in [0.4, 0.5) is 0 Å². The molecule has 2 aromatic rings. The van der Waals surface area contributed by atoms with Crippen LogP contribution in [0, 0.1) is 0 Å². The van der Waals surface area contributed by atoms with Crippen LogP contribution >= 0.6 is 15.9 Å². The first-order valence-electron chi connectivity index (χ1n) is 4.82. The van der Waals surface area contributed by atoms with E-state index in [1.807, 2.05) is 12.1 Å². The van der Waals surface area contributed by atoms with Crippen molar-refractivity contribution in [3.8, 4) is 0 Å². The number of benzene rings is 1. The van der Waals surface area contributed by atoms with Crippen LogP contribution < -0.4 is 5.73 Å². The number of halogens is 1. The maximum atomic E-state index is 8.87. The van der Waals surface area contributed by atoms with Crippen LogP contribution in [0.3, 0.4) is 0 Å². The lowest BCUT2D eigenvalue weighted by Crippen LogP contribution is -2.26. The van der Waals surface area contributed by atoms with Gasteiger partial charge >= 0.3 is 0 Å². The third kappa shape index (κ3) is 2.40. The van der Waals surface area contributed by atoms with Gasteiger partial charge in [0.15, 0.2) is 0 Å². The Bertz CT molecular complexity index is 467. The summed E-state index contributed by atoms with van der Waals surface area (Å²) in [7, 11) is 0. The van der Waals surface area contributed by atoms with Crippen LogP contribution in [-0.2, 0) is 6.42 Å². The first kappa shape index (κ1) is 10.7. The molecule has 3 nitrogen and oxygen atoms in total. The average molecular weight is 269 g/mol. The molecule has 0 bridgehead atoms.